The molecule has 0 bridgehead atoms. The molecule has 1 heterocycles. The Hall–Kier alpha value is -3.84. The van der Waals surface area contributed by atoms with Gasteiger partial charge < -0.3 is 25.0 Å². The third-order valence-electron chi connectivity index (χ3n) is 6.87. The number of anilines is 3. The molecule has 0 aromatic heterocycles. The van der Waals surface area contributed by atoms with E-state index in [2.05, 4.69) is 24.5 Å². The van der Waals surface area contributed by atoms with Crippen LogP contribution in [0.1, 0.15) is 38.3 Å². The summed E-state index contributed by atoms with van der Waals surface area (Å²) in [5, 5.41) is 7.51. The minimum atomic E-state index is -0.474. The number of benzene rings is 3. The van der Waals surface area contributed by atoms with Gasteiger partial charge >= 0.3 is 0 Å². The van der Waals surface area contributed by atoms with Gasteiger partial charge in [0.25, 0.3) is 0 Å². The number of carbonyl (C=O) groups excluding carboxylic acids is 1. The van der Waals surface area contributed by atoms with E-state index in [-0.39, 0.29) is 11.2 Å². The number of fused-ring (bicyclic) bond motifs is 1. The number of rotatable bonds is 4. The number of methoxy groups -OCH3 is 2. The zero-order chi connectivity index (χ0) is 26.2. The number of Topliss-reactive ketones (excluding diaryl/α,β-unsaturated/α-hetero) is 1. The molecule has 1 atom stereocenters. The van der Waals surface area contributed by atoms with E-state index >= 15 is 0 Å². The van der Waals surface area contributed by atoms with Crippen LogP contribution in [0.5, 0.6) is 11.5 Å². The Morgan fingerprint density at radius 3 is 2.41 bits per heavy atom. The van der Waals surface area contributed by atoms with Gasteiger partial charge in [0.2, 0.25) is 0 Å². The molecule has 0 unspecified atom stereocenters. The largest absolute Gasteiger partial charge is 0.493 e. The van der Waals surface area contributed by atoms with Crippen molar-refractivity contribution in [2.75, 3.05) is 29.8 Å². The maximum atomic E-state index is 13.9. The summed E-state index contributed by atoms with van der Waals surface area (Å²) in [6.45, 7) is 4.27. The smallest absolute Gasteiger partial charge is 0.178 e. The highest BCUT2D eigenvalue weighted by atomic mass is 32.1. The monoisotopic (exact) mass is 513 g/mol. The van der Waals surface area contributed by atoms with Crippen LogP contribution < -0.4 is 25.0 Å². The van der Waals surface area contributed by atoms with Gasteiger partial charge in [-0.2, -0.15) is 0 Å². The molecule has 0 radical (unpaired) electrons. The molecule has 2 N–H and O–H groups in total. The number of allylic oxidation sites excluding steroid dienone is 1. The number of nitrogens with zero attached hydrogens (tertiary/aromatic N) is 1. The van der Waals surface area contributed by atoms with Gasteiger partial charge in [-0.15, -0.1) is 0 Å². The van der Waals surface area contributed by atoms with Gasteiger partial charge in [0.15, 0.2) is 22.4 Å². The fraction of sp³-hybridized carbons (Fsp3) is 0.267. The Labute approximate surface area is 223 Å². The van der Waals surface area contributed by atoms with Gasteiger partial charge in [-0.05, 0) is 66.0 Å². The standard InChI is InChI=1S/C30H31N3O3S/c1-30(2)17-22-27(24(34)18-30)28(19-14-15-25(35-3)26(16-19)36-4)33(23-13-9-8-12-21(23)32-22)29(37)31-20-10-6-5-7-11-20/h5-16,28,32H,17-18H2,1-4H3,(H,31,37)/t28-/m1/s1. The van der Waals surface area contributed by atoms with Gasteiger partial charge in [-0.3, -0.25) is 4.79 Å². The predicted octanol–water partition coefficient (Wildman–Crippen LogP) is 6.72. The van der Waals surface area contributed by atoms with E-state index in [9.17, 15) is 4.79 Å². The minimum Gasteiger partial charge on any atom is -0.493 e. The van der Waals surface area contributed by atoms with Crippen LogP contribution >= 0.6 is 12.2 Å². The van der Waals surface area contributed by atoms with Crippen molar-refractivity contribution in [2.24, 2.45) is 5.41 Å². The summed E-state index contributed by atoms with van der Waals surface area (Å²) in [6.07, 6.45) is 1.21. The average molecular weight is 514 g/mol. The SMILES string of the molecule is COc1ccc([C@@H]2C3=C(CC(C)(C)CC3=O)Nc3ccccc3N2C(=S)Nc2ccccc2)cc1OC. The van der Waals surface area contributed by atoms with Gasteiger partial charge in [-0.1, -0.05) is 50.2 Å². The summed E-state index contributed by atoms with van der Waals surface area (Å²) >= 11 is 6.05. The summed E-state index contributed by atoms with van der Waals surface area (Å²) in [5.74, 6) is 1.33. The molecule has 0 saturated carbocycles. The van der Waals surface area contributed by atoms with Crippen LogP contribution in [0.2, 0.25) is 0 Å². The van der Waals surface area contributed by atoms with Crippen LogP contribution in [-0.2, 0) is 4.79 Å². The van der Waals surface area contributed by atoms with Crippen molar-refractivity contribution in [3.05, 3.63) is 89.6 Å². The topological polar surface area (TPSA) is 62.8 Å². The van der Waals surface area contributed by atoms with Crippen molar-refractivity contribution in [2.45, 2.75) is 32.7 Å². The molecule has 3 aromatic carbocycles. The van der Waals surface area contributed by atoms with E-state index in [4.69, 9.17) is 21.7 Å². The fourth-order valence-corrected chi connectivity index (χ4v) is 5.58. The molecule has 1 aliphatic carbocycles. The average Bonchev–Trinajstić information content (AvgIpc) is 3.02. The maximum Gasteiger partial charge on any atom is 0.178 e. The lowest BCUT2D eigenvalue weighted by atomic mass is 9.73. The van der Waals surface area contributed by atoms with Crippen LogP contribution in [0.15, 0.2) is 84.1 Å². The summed E-state index contributed by atoms with van der Waals surface area (Å²) < 4.78 is 11.1. The van der Waals surface area contributed by atoms with Gasteiger partial charge in [0.1, 0.15) is 0 Å². The zero-order valence-corrected chi connectivity index (χ0v) is 22.3. The van der Waals surface area contributed by atoms with Crippen LogP contribution in [0.3, 0.4) is 0 Å². The number of ether oxygens (including phenoxy) is 2. The Kier molecular flexibility index (Phi) is 6.65. The summed E-state index contributed by atoms with van der Waals surface area (Å²) in [6, 6.07) is 23.2. The van der Waals surface area contributed by atoms with Gasteiger partial charge in [0, 0.05) is 23.4 Å². The van der Waals surface area contributed by atoms with E-state index in [1.54, 1.807) is 14.2 Å². The van der Waals surface area contributed by atoms with Crippen LogP contribution in [-0.4, -0.2) is 25.1 Å². The Bertz CT molecular complexity index is 1380. The van der Waals surface area contributed by atoms with E-state index in [0.29, 0.717) is 23.0 Å². The number of hydrogen-bond acceptors (Lipinski definition) is 5. The third kappa shape index (κ3) is 4.79. The maximum absolute atomic E-state index is 13.9. The van der Waals surface area contributed by atoms with Crippen molar-refractivity contribution < 1.29 is 14.3 Å². The third-order valence-corrected chi connectivity index (χ3v) is 7.17. The van der Waals surface area contributed by atoms with Crippen molar-refractivity contribution in [1.29, 1.82) is 0 Å². The lowest BCUT2D eigenvalue weighted by molar-refractivity contribution is -0.118. The molecule has 0 saturated heterocycles. The quantitative estimate of drug-likeness (QED) is 0.376. The lowest BCUT2D eigenvalue weighted by Crippen LogP contribution is -2.41. The normalized spacial score (nSPS) is 18.2. The summed E-state index contributed by atoms with van der Waals surface area (Å²) in [7, 11) is 3.23. The Morgan fingerprint density at radius 1 is 0.973 bits per heavy atom. The number of nitrogens with one attached hydrogen (secondary N) is 2. The van der Waals surface area contributed by atoms with Crippen LogP contribution in [0.25, 0.3) is 0 Å². The molecule has 0 fully saturated rings. The Morgan fingerprint density at radius 2 is 1.68 bits per heavy atom. The molecule has 37 heavy (non-hydrogen) atoms. The number of thiocarbonyl (C=S) groups is 1. The molecular formula is C30H31N3O3S. The molecule has 2 aliphatic rings. The molecule has 190 valence electrons. The zero-order valence-electron chi connectivity index (χ0n) is 21.5. The summed E-state index contributed by atoms with van der Waals surface area (Å²) in [4.78, 5) is 15.9. The van der Waals surface area contributed by atoms with Gasteiger partial charge in [0.05, 0.1) is 31.6 Å². The molecular weight excluding hydrogens is 482 g/mol. The number of carbonyl (C=O) groups is 1. The fourth-order valence-electron chi connectivity index (χ4n) is 5.25. The Balaban J connectivity index is 1.74. The predicted molar refractivity (Wildman–Crippen MR) is 153 cm³/mol. The second-order valence-electron chi connectivity index (χ2n) is 10.2. The lowest BCUT2D eigenvalue weighted by Gasteiger charge is -2.38. The second kappa shape index (κ2) is 9.90. The molecule has 3 aromatic rings. The summed E-state index contributed by atoms with van der Waals surface area (Å²) in [5.41, 5.74) is 5.04. The number of ketones is 1. The minimum absolute atomic E-state index is 0.110. The number of hydrogen-bond donors (Lipinski definition) is 2. The van der Waals surface area contributed by atoms with E-state index in [1.165, 1.54) is 0 Å². The first-order chi connectivity index (χ1) is 17.8. The first-order valence-corrected chi connectivity index (χ1v) is 12.7. The number of para-hydroxylation sites is 3. The van der Waals surface area contributed by atoms with Crippen molar-refractivity contribution >= 4 is 40.2 Å². The molecule has 6 nitrogen and oxygen atoms in total. The molecule has 1 aliphatic heterocycles. The molecule has 7 heteroatoms. The molecule has 0 amide bonds. The van der Waals surface area contributed by atoms with Crippen molar-refractivity contribution in [3.8, 4) is 11.5 Å². The first kappa shape index (κ1) is 24.8. The highest BCUT2D eigenvalue weighted by Crippen LogP contribution is 2.49. The van der Waals surface area contributed by atoms with Crippen LogP contribution in [0, 0.1) is 5.41 Å². The van der Waals surface area contributed by atoms with E-state index < -0.39 is 6.04 Å². The molecule has 0 spiro atoms. The van der Waals surface area contributed by atoms with Crippen molar-refractivity contribution in [3.63, 3.8) is 0 Å². The van der Waals surface area contributed by atoms with Crippen molar-refractivity contribution in [1.82, 2.24) is 0 Å². The van der Waals surface area contributed by atoms with E-state index in [1.807, 2.05) is 77.7 Å². The highest BCUT2D eigenvalue weighted by molar-refractivity contribution is 7.80. The van der Waals surface area contributed by atoms with Crippen LogP contribution in [0.4, 0.5) is 17.1 Å². The van der Waals surface area contributed by atoms with E-state index in [0.717, 1.165) is 40.3 Å². The second-order valence-corrected chi connectivity index (χ2v) is 10.5. The van der Waals surface area contributed by atoms with Gasteiger partial charge in [-0.25, -0.2) is 0 Å². The highest BCUT2D eigenvalue weighted by Gasteiger charge is 2.42. The first-order valence-electron chi connectivity index (χ1n) is 12.3. The molecule has 5 rings (SSSR count).